The Morgan fingerprint density at radius 2 is 1.65 bits per heavy atom. The van der Waals surface area contributed by atoms with Crippen molar-refractivity contribution in [2.24, 2.45) is 5.41 Å². The van der Waals surface area contributed by atoms with Crippen molar-refractivity contribution in [3.63, 3.8) is 0 Å². The van der Waals surface area contributed by atoms with Gasteiger partial charge >= 0.3 is 0 Å². The quantitative estimate of drug-likeness (QED) is 0.770. The van der Waals surface area contributed by atoms with Crippen LogP contribution in [0.15, 0.2) is 42.5 Å². The average molecular weight is 354 g/mol. The maximum Gasteiger partial charge on any atom is 0.240 e. The van der Waals surface area contributed by atoms with Gasteiger partial charge in [0.2, 0.25) is 11.8 Å². The van der Waals surface area contributed by atoms with Crippen LogP contribution in [0.1, 0.15) is 43.7 Å². The van der Waals surface area contributed by atoms with Crippen LogP contribution in [0.4, 0.5) is 15.8 Å². The molecular weight excluding hydrogens is 331 g/mol. The Kier molecular flexibility index (Phi) is 4.81. The van der Waals surface area contributed by atoms with E-state index < -0.39 is 17.1 Å². The lowest BCUT2D eigenvalue weighted by atomic mass is 9.97. The van der Waals surface area contributed by atoms with Gasteiger partial charge < -0.3 is 10.6 Å². The van der Waals surface area contributed by atoms with Crippen LogP contribution in [0, 0.1) is 18.2 Å². The highest BCUT2D eigenvalue weighted by Crippen LogP contribution is 2.48. The summed E-state index contributed by atoms with van der Waals surface area (Å²) in [7, 11) is 0. The van der Waals surface area contributed by atoms with E-state index in [9.17, 15) is 14.0 Å². The number of amides is 2. The largest absolute Gasteiger partial charge is 0.325 e. The van der Waals surface area contributed by atoms with Crippen molar-refractivity contribution in [1.82, 2.24) is 0 Å². The summed E-state index contributed by atoms with van der Waals surface area (Å²) in [5.41, 5.74) is 1.71. The third-order valence-electron chi connectivity index (χ3n) is 4.91. The van der Waals surface area contributed by atoms with Gasteiger partial charge in [-0.05, 0) is 48.9 Å². The summed E-state index contributed by atoms with van der Waals surface area (Å²) in [6.45, 7) is 6.05. The summed E-state index contributed by atoms with van der Waals surface area (Å²) >= 11 is 0. The fraction of sp³-hybridized carbons (Fsp3) is 0.333. The molecule has 1 saturated carbocycles. The standard InChI is InChI=1S/C21H23FN2O2/c1-13(2)15-8-6-7-14(3)18(15)24-20(26)21(11-12-21)19(25)23-17-10-5-4-9-16(17)22/h4-10,13H,11-12H2,1-3H3,(H,23,25)(H,24,26). The molecule has 2 N–H and O–H groups in total. The normalized spacial score (nSPS) is 14.8. The number of rotatable bonds is 5. The van der Waals surface area contributed by atoms with Crippen molar-refractivity contribution in [3.05, 3.63) is 59.4 Å². The molecular formula is C21H23FN2O2. The summed E-state index contributed by atoms with van der Waals surface area (Å²) in [6.07, 6.45) is 0.921. The molecule has 3 rings (SSSR count). The summed E-state index contributed by atoms with van der Waals surface area (Å²) < 4.78 is 13.8. The van der Waals surface area contributed by atoms with E-state index in [0.29, 0.717) is 12.8 Å². The van der Waals surface area contributed by atoms with Crippen LogP contribution in [0.25, 0.3) is 0 Å². The first kappa shape index (κ1) is 18.1. The topological polar surface area (TPSA) is 58.2 Å². The Balaban J connectivity index is 1.80. The van der Waals surface area contributed by atoms with Crippen LogP contribution >= 0.6 is 0 Å². The molecule has 0 aliphatic heterocycles. The van der Waals surface area contributed by atoms with Crippen molar-refractivity contribution < 1.29 is 14.0 Å². The van der Waals surface area contributed by atoms with E-state index in [1.165, 1.54) is 12.1 Å². The van der Waals surface area contributed by atoms with Crippen LogP contribution in [0.5, 0.6) is 0 Å². The van der Waals surface area contributed by atoms with Crippen molar-refractivity contribution in [2.45, 2.75) is 39.5 Å². The Morgan fingerprint density at radius 1 is 1.00 bits per heavy atom. The van der Waals surface area contributed by atoms with E-state index in [2.05, 4.69) is 24.5 Å². The third kappa shape index (κ3) is 3.34. The lowest BCUT2D eigenvalue weighted by Gasteiger charge is -2.20. The lowest BCUT2D eigenvalue weighted by molar-refractivity contribution is -0.131. The van der Waals surface area contributed by atoms with Crippen molar-refractivity contribution in [1.29, 1.82) is 0 Å². The molecule has 136 valence electrons. The number of para-hydroxylation sites is 2. The van der Waals surface area contributed by atoms with E-state index in [1.54, 1.807) is 12.1 Å². The fourth-order valence-corrected chi connectivity index (χ4v) is 3.06. The predicted molar refractivity (Wildman–Crippen MR) is 101 cm³/mol. The second-order valence-electron chi connectivity index (χ2n) is 7.16. The first-order valence-electron chi connectivity index (χ1n) is 8.82. The minimum atomic E-state index is -1.13. The molecule has 5 heteroatoms. The van der Waals surface area contributed by atoms with Crippen LogP contribution < -0.4 is 10.6 Å². The molecule has 0 heterocycles. The van der Waals surface area contributed by atoms with Crippen molar-refractivity contribution in [2.75, 3.05) is 10.6 Å². The summed E-state index contributed by atoms with van der Waals surface area (Å²) in [5, 5.41) is 5.51. The predicted octanol–water partition coefficient (Wildman–Crippen LogP) is 4.61. The zero-order valence-corrected chi connectivity index (χ0v) is 15.2. The second-order valence-corrected chi connectivity index (χ2v) is 7.16. The molecule has 0 atom stereocenters. The van der Waals surface area contributed by atoms with E-state index in [4.69, 9.17) is 0 Å². The molecule has 26 heavy (non-hydrogen) atoms. The molecule has 4 nitrogen and oxygen atoms in total. The number of carbonyl (C=O) groups excluding carboxylic acids is 2. The van der Waals surface area contributed by atoms with E-state index in [0.717, 1.165) is 16.8 Å². The average Bonchev–Trinajstić information content (AvgIpc) is 3.40. The van der Waals surface area contributed by atoms with E-state index in [1.807, 2.05) is 25.1 Å². The zero-order valence-electron chi connectivity index (χ0n) is 15.2. The molecule has 2 aromatic rings. The minimum absolute atomic E-state index is 0.0929. The Morgan fingerprint density at radius 3 is 2.27 bits per heavy atom. The molecule has 0 bridgehead atoms. The van der Waals surface area contributed by atoms with Gasteiger partial charge in [-0.15, -0.1) is 0 Å². The van der Waals surface area contributed by atoms with Gasteiger partial charge in [0.25, 0.3) is 0 Å². The van der Waals surface area contributed by atoms with Gasteiger partial charge in [-0.1, -0.05) is 44.2 Å². The maximum atomic E-state index is 13.8. The smallest absolute Gasteiger partial charge is 0.240 e. The third-order valence-corrected chi connectivity index (χ3v) is 4.91. The number of anilines is 2. The van der Waals surface area contributed by atoms with Crippen LogP contribution in [-0.4, -0.2) is 11.8 Å². The molecule has 2 aromatic carbocycles. The van der Waals surface area contributed by atoms with Crippen LogP contribution in [0.2, 0.25) is 0 Å². The van der Waals surface area contributed by atoms with Gasteiger partial charge in [0, 0.05) is 5.69 Å². The first-order chi connectivity index (χ1) is 12.3. The highest BCUT2D eigenvalue weighted by atomic mass is 19.1. The van der Waals surface area contributed by atoms with Gasteiger partial charge in [0.1, 0.15) is 11.2 Å². The Bertz CT molecular complexity index is 857. The molecule has 1 aliphatic carbocycles. The van der Waals surface area contributed by atoms with Gasteiger partial charge in [0.05, 0.1) is 5.69 Å². The number of halogens is 1. The van der Waals surface area contributed by atoms with Crippen molar-refractivity contribution >= 4 is 23.2 Å². The number of hydrogen-bond acceptors (Lipinski definition) is 2. The number of carbonyl (C=O) groups is 2. The number of nitrogens with one attached hydrogen (secondary N) is 2. The Labute approximate surface area is 152 Å². The fourth-order valence-electron chi connectivity index (χ4n) is 3.06. The maximum absolute atomic E-state index is 13.8. The second kappa shape index (κ2) is 6.90. The molecule has 1 fully saturated rings. The Hall–Kier alpha value is -2.69. The van der Waals surface area contributed by atoms with Gasteiger partial charge in [-0.3, -0.25) is 9.59 Å². The zero-order chi connectivity index (χ0) is 18.9. The molecule has 0 aromatic heterocycles. The van der Waals surface area contributed by atoms with Gasteiger partial charge in [0.15, 0.2) is 0 Å². The molecule has 0 spiro atoms. The summed E-state index contributed by atoms with van der Waals surface area (Å²) in [5.74, 6) is -1.06. The first-order valence-corrected chi connectivity index (χ1v) is 8.82. The van der Waals surface area contributed by atoms with Crippen LogP contribution in [-0.2, 0) is 9.59 Å². The van der Waals surface area contributed by atoms with E-state index >= 15 is 0 Å². The monoisotopic (exact) mass is 354 g/mol. The molecule has 1 aliphatic rings. The van der Waals surface area contributed by atoms with Crippen LogP contribution in [0.3, 0.4) is 0 Å². The minimum Gasteiger partial charge on any atom is -0.325 e. The summed E-state index contributed by atoms with van der Waals surface area (Å²) in [4.78, 5) is 25.5. The summed E-state index contributed by atoms with van der Waals surface area (Å²) in [6, 6.07) is 11.8. The van der Waals surface area contributed by atoms with E-state index in [-0.39, 0.29) is 17.5 Å². The number of hydrogen-bond donors (Lipinski definition) is 2. The highest BCUT2D eigenvalue weighted by Gasteiger charge is 2.56. The van der Waals surface area contributed by atoms with Gasteiger partial charge in [-0.2, -0.15) is 0 Å². The number of aryl methyl sites for hydroxylation is 1. The lowest BCUT2D eigenvalue weighted by Crippen LogP contribution is -2.36. The SMILES string of the molecule is Cc1cccc(C(C)C)c1NC(=O)C1(C(=O)Nc2ccccc2F)CC1. The molecule has 2 amide bonds. The van der Waals surface area contributed by atoms with Crippen molar-refractivity contribution in [3.8, 4) is 0 Å². The molecule has 0 unspecified atom stereocenters. The molecule has 0 radical (unpaired) electrons. The van der Waals surface area contributed by atoms with Gasteiger partial charge in [-0.25, -0.2) is 4.39 Å². The number of benzene rings is 2. The molecule has 0 saturated heterocycles. The highest BCUT2D eigenvalue weighted by molar-refractivity contribution is 6.17.